The fourth-order valence-corrected chi connectivity index (χ4v) is 14.8. The highest BCUT2D eigenvalue weighted by Gasteiger charge is 2.38. The van der Waals surface area contributed by atoms with Crippen LogP contribution in [0.4, 0.5) is 0 Å². The Bertz CT molecular complexity index is 643. The topological polar surface area (TPSA) is 0 Å². The van der Waals surface area contributed by atoms with Crippen molar-refractivity contribution in [3.05, 3.63) is 35.4 Å². The Labute approximate surface area is 255 Å². The fourth-order valence-electron chi connectivity index (χ4n) is 6.85. The summed E-state index contributed by atoms with van der Waals surface area (Å²) in [6.07, 6.45) is 37.9. The van der Waals surface area contributed by atoms with Gasteiger partial charge in [-0.2, -0.15) is 0 Å². The second-order valence-corrected chi connectivity index (χ2v) is 22.4. The number of hydrogen-bond donors (Lipinski definition) is 0. The molecule has 0 fully saturated rings. The monoisotopic (exact) mass is 593 g/mol. The highest BCUT2D eigenvalue weighted by atomic mass is 31.2. The van der Waals surface area contributed by atoms with Crippen molar-refractivity contribution in [2.45, 2.75) is 169 Å². The number of hydrogen-bond acceptors (Lipinski definition) is 0. The van der Waals surface area contributed by atoms with Crippen molar-refractivity contribution in [2.75, 3.05) is 37.0 Å². The van der Waals surface area contributed by atoms with Gasteiger partial charge in [-0.05, 0) is 70.4 Å². The highest BCUT2D eigenvalue weighted by Crippen LogP contribution is 2.65. The van der Waals surface area contributed by atoms with Crippen LogP contribution in [-0.4, -0.2) is 37.0 Å². The van der Waals surface area contributed by atoms with E-state index in [0.29, 0.717) is 0 Å². The maximum Gasteiger partial charge on any atom is 0.0846 e. The maximum atomic E-state index is 2.57. The van der Waals surface area contributed by atoms with Gasteiger partial charge in [0.2, 0.25) is 0 Å². The van der Waals surface area contributed by atoms with Gasteiger partial charge in [-0.3, -0.25) is 0 Å². The lowest BCUT2D eigenvalue weighted by molar-refractivity contribution is 0.615. The molecule has 0 nitrogen and oxygen atoms in total. The summed E-state index contributed by atoms with van der Waals surface area (Å²) in [6.45, 7) is 14.5. The van der Waals surface area contributed by atoms with Crippen molar-refractivity contribution in [1.29, 1.82) is 0 Å². The summed E-state index contributed by atoms with van der Waals surface area (Å²) in [4.78, 5) is 0. The number of benzene rings is 1. The first-order valence-corrected chi connectivity index (χ1v) is 23.4. The molecule has 0 radical (unpaired) electrons. The predicted molar refractivity (Wildman–Crippen MR) is 194 cm³/mol. The average Bonchev–Trinajstić information content (AvgIpc) is 2.98. The summed E-state index contributed by atoms with van der Waals surface area (Å²) in [5.41, 5.74) is 3.53. The van der Waals surface area contributed by atoms with Crippen LogP contribution in [0, 0.1) is 0 Å². The molecule has 2 heteroatoms. The summed E-state index contributed by atoms with van der Waals surface area (Å²) >= 11 is 0. The van der Waals surface area contributed by atoms with E-state index in [0.717, 1.165) is 0 Å². The smallest absolute Gasteiger partial charge is 0.0654 e. The summed E-state index contributed by atoms with van der Waals surface area (Å²) in [5.74, 6) is 0. The molecule has 0 saturated carbocycles. The molecular formula is C38H74P2+2. The summed E-state index contributed by atoms with van der Waals surface area (Å²) < 4.78 is 0. The van der Waals surface area contributed by atoms with Crippen LogP contribution in [0.15, 0.2) is 24.3 Å². The van der Waals surface area contributed by atoms with E-state index in [1.807, 2.05) is 0 Å². The van der Waals surface area contributed by atoms with Gasteiger partial charge in [-0.15, -0.1) is 0 Å². The minimum Gasteiger partial charge on any atom is -0.0654 e. The summed E-state index contributed by atoms with van der Waals surface area (Å²) in [7, 11) is -1.84. The third kappa shape index (κ3) is 16.1. The lowest BCUT2D eigenvalue weighted by Gasteiger charge is -2.30. The Morgan fingerprint density at radius 2 is 0.675 bits per heavy atom. The second kappa shape index (κ2) is 24.5. The van der Waals surface area contributed by atoms with Gasteiger partial charge in [0.15, 0.2) is 0 Å². The molecule has 0 aliphatic rings. The van der Waals surface area contributed by atoms with E-state index in [9.17, 15) is 0 Å². The number of rotatable bonds is 28. The van der Waals surface area contributed by atoms with Gasteiger partial charge in [0, 0.05) is 14.5 Å². The standard InChI is InChI=1S/C38H74P2/c1-7-13-16-19-22-27-32-40(33-28-23-20-17-14-8-2,34-29-24-21-18-15-9-3)36-38-31-26-25-30-37(38)35-39(10-4,11-5)12-6/h25-26,30-31H,7-24,27-29,32-36H2,1-6H3/q+2. The van der Waals surface area contributed by atoms with Crippen molar-refractivity contribution >= 4 is 14.5 Å². The van der Waals surface area contributed by atoms with Crippen LogP contribution >= 0.6 is 14.5 Å². The molecule has 0 saturated heterocycles. The first-order valence-electron chi connectivity index (χ1n) is 18.3. The van der Waals surface area contributed by atoms with Gasteiger partial charge in [0.05, 0.1) is 49.3 Å². The van der Waals surface area contributed by atoms with Gasteiger partial charge in [0.1, 0.15) is 0 Å². The van der Waals surface area contributed by atoms with Gasteiger partial charge in [-0.25, -0.2) is 0 Å². The molecule has 234 valence electrons. The Morgan fingerprint density at radius 3 is 1.00 bits per heavy atom. The molecule has 1 rings (SSSR count). The molecule has 1 aromatic rings. The van der Waals surface area contributed by atoms with E-state index in [1.165, 1.54) is 146 Å². The summed E-state index contributed by atoms with van der Waals surface area (Å²) in [6, 6.07) is 9.84. The van der Waals surface area contributed by atoms with Gasteiger partial charge in [0.25, 0.3) is 0 Å². The molecule has 0 spiro atoms. The Morgan fingerprint density at radius 1 is 0.375 bits per heavy atom. The minimum absolute atomic E-state index is 0.852. The minimum atomic E-state index is -0.990. The predicted octanol–water partition coefficient (Wildman–Crippen LogP) is 13.9. The molecule has 1 aromatic carbocycles. The molecule has 0 atom stereocenters. The van der Waals surface area contributed by atoms with Crippen molar-refractivity contribution in [2.24, 2.45) is 0 Å². The highest BCUT2D eigenvalue weighted by molar-refractivity contribution is 7.75. The van der Waals surface area contributed by atoms with E-state index < -0.39 is 14.5 Å². The molecule has 0 bridgehead atoms. The van der Waals surface area contributed by atoms with Gasteiger partial charge in [-0.1, -0.05) is 122 Å². The second-order valence-electron chi connectivity index (χ2n) is 13.2. The lowest BCUT2D eigenvalue weighted by Crippen LogP contribution is -2.14. The zero-order chi connectivity index (χ0) is 29.4. The van der Waals surface area contributed by atoms with Crippen LogP contribution in [0.5, 0.6) is 0 Å². The fraction of sp³-hybridized carbons (Fsp3) is 0.842. The number of unbranched alkanes of at least 4 members (excludes halogenated alkanes) is 15. The molecule has 0 heterocycles. The molecule has 0 aliphatic carbocycles. The molecule has 0 amide bonds. The zero-order valence-electron chi connectivity index (χ0n) is 28.6. The molecule has 40 heavy (non-hydrogen) atoms. The van der Waals surface area contributed by atoms with Gasteiger partial charge >= 0.3 is 0 Å². The van der Waals surface area contributed by atoms with Crippen LogP contribution in [0.1, 0.15) is 168 Å². The van der Waals surface area contributed by atoms with E-state index in [4.69, 9.17) is 0 Å². The Hall–Kier alpha value is 0.0800. The molecule has 0 N–H and O–H groups in total. The van der Waals surface area contributed by atoms with Crippen LogP contribution in [0.25, 0.3) is 0 Å². The van der Waals surface area contributed by atoms with E-state index in [-0.39, 0.29) is 0 Å². The van der Waals surface area contributed by atoms with Crippen LogP contribution < -0.4 is 0 Å². The maximum absolute atomic E-state index is 2.57. The van der Waals surface area contributed by atoms with Crippen molar-refractivity contribution < 1.29 is 0 Å². The summed E-state index contributed by atoms with van der Waals surface area (Å²) in [5, 5.41) is 0. The molecule has 0 unspecified atom stereocenters. The lowest BCUT2D eigenvalue weighted by atomic mass is 10.1. The third-order valence-electron chi connectivity index (χ3n) is 10.1. The van der Waals surface area contributed by atoms with E-state index in [2.05, 4.69) is 65.8 Å². The van der Waals surface area contributed by atoms with Crippen LogP contribution in [0.3, 0.4) is 0 Å². The molecule has 0 aromatic heterocycles. The zero-order valence-corrected chi connectivity index (χ0v) is 30.4. The van der Waals surface area contributed by atoms with Crippen LogP contribution in [0.2, 0.25) is 0 Å². The van der Waals surface area contributed by atoms with Crippen molar-refractivity contribution in [1.82, 2.24) is 0 Å². The Kier molecular flexibility index (Phi) is 23.4. The first kappa shape index (κ1) is 38.1. The van der Waals surface area contributed by atoms with E-state index >= 15 is 0 Å². The van der Waals surface area contributed by atoms with Crippen LogP contribution in [-0.2, 0) is 12.3 Å². The average molecular weight is 593 g/mol. The normalized spacial score (nSPS) is 12.3. The van der Waals surface area contributed by atoms with Crippen molar-refractivity contribution in [3.63, 3.8) is 0 Å². The first-order chi connectivity index (χ1) is 19.5. The SMILES string of the molecule is CCCCCCCC[P+](CCCCCCCC)(CCCCCCCC)Cc1ccccc1C[P+](CC)(CC)CC. The third-order valence-corrected chi connectivity index (χ3v) is 19.9. The quantitative estimate of drug-likeness (QED) is 0.0670. The Balaban J connectivity index is 3.14. The largest absolute Gasteiger partial charge is 0.0846 e. The molecule has 0 aliphatic heterocycles. The van der Waals surface area contributed by atoms with Crippen molar-refractivity contribution in [3.8, 4) is 0 Å². The molecular weight excluding hydrogens is 518 g/mol. The van der Waals surface area contributed by atoms with E-state index in [1.54, 1.807) is 29.6 Å². The van der Waals surface area contributed by atoms with Gasteiger partial charge < -0.3 is 0 Å².